The fraction of sp³-hybridized carbons (Fsp3) is 0.167. The summed E-state index contributed by atoms with van der Waals surface area (Å²) in [7, 11) is 0. The average molecular weight is 289 g/mol. The highest BCUT2D eigenvalue weighted by Gasteiger charge is 2.24. The van der Waals surface area contributed by atoms with Gasteiger partial charge in [0.15, 0.2) is 0 Å². The van der Waals surface area contributed by atoms with Gasteiger partial charge in [-0.15, -0.1) is 0 Å². The standard InChI is InChI=1S/C18H15N3O/c22-17-6-3-11-21(17)18-19-10-9-16(20-18)15-8-7-13-4-1-2-5-14(13)12-15/h1-2,4-5,7-10,12H,3,6,11H2. The van der Waals surface area contributed by atoms with Crippen LogP contribution in [0.5, 0.6) is 0 Å². The third-order valence-electron chi connectivity index (χ3n) is 4.00. The largest absolute Gasteiger partial charge is 0.281 e. The Labute approximate surface area is 128 Å². The van der Waals surface area contributed by atoms with Gasteiger partial charge in [-0.3, -0.25) is 9.69 Å². The minimum atomic E-state index is 0.107. The number of carbonyl (C=O) groups excluding carboxylic acids is 1. The number of benzene rings is 2. The van der Waals surface area contributed by atoms with Gasteiger partial charge >= 0.3 is 0 Å². The maximum Gasteiger partial charge on any atom is 0.232 e. The quantitative estimate of drug-likeness (QED) is 0.726. The van der Waals surface area contributed by atoms with Gasteiger partial charge < -0.3 is 0 Å². The molecule has 2 aromatic carbocycles. The summed E-state index contributed by atoms with van der Waals surface area (Å²) in [5.41, 5.74) is 1.88. The summed E-state index contributed by atoms with van der Waals surface area (Å²) in [6.45, 7) is 0.708. The van der Waals surface area contributed by atoms with E-state index < -0.39 is 0 Å². The number of fused-ring (bicyclic) bond motifs is 1. The van der Waals surface area contributed by atoms with Crippen LogP contribution in [0.1, 0.15) is 12.8 Å². The molecule has 1 aliphatic heterocycles. The molecule has 0 spiro atoms. The van der Waals surface area contributed by atoms with Gasteiger partial charge in [0.2, 0.25) is 11.9 Å². The maximum atomic E-state index is 11.8. The van der Waals surface area contributed by atoms with E-state index in [2.05, 4.69) is 40.3 Å². The third kappa shape index (κ3) is 2.22. The summed E-state index contributed by atoms with van der Waals surface area (Å²) in [4.78, 5) is 22.3. The van der Waals surface area contributed by atoms with Crippen molar-refractivity contribution in [3.8, 4) is 11.3 Å². The van der Waals surface area contributed by atoms with Gasteiger partial charge in [-0.05, 0) is 29.3 Å². The molecule has 0 bridgehead atoms. The number of amides is 1. The number of aromatic nitrogens is 2. The zero-order valence-electron chi connectivity index (χ0n) is 12.1. The van der Waals surface area contributed by atoms with E-state index in [1.54, 1.807) is 11.1 Å². The van der Waals surface area contributed by atoms with Crippen LogP contribution < -0.4 is 4.90 Å². The van der Waals surface area contributed by atoms with E-state index in [9.17, 15) is 4.79 Å². The Morgan fingerprint density at radius 2 is 1.86 bits per heavy atom. The number of carbonyl (C=O) groups is 1. The smallest absolute Gasteiger partial charge is 0.232 e. The molecule has 22 heavy (non-hydrogen) atoms. The Hall–Kier alpha value is -2.75. The Kier molecular flexibility index (Phi) is 3.07. The SMILES string of the molecule is O=C1CCCN1c1nccc(-c2ccc3ccccc3c2)n1. The van der Waals surface area contributed by atoms with Crippen molar-refractivity contribution in [2.75, 3.05) is 11.4 Å². The summed E-state index contributed by atoms with van der Waals surface area (Å²) >= 11 is 0. The van der Waals surface area contributed by atoms with Gasteiger partial charge in [0.05, 0.1) is 5.69 Å². The van der Waals surface area contributed by atoms with Crippen LogP contribution in [0.25, 0.3) is 22.0 Å². The predicted molar refractivity (Wildman–Crippen MR) is 86.6 cm³/mol. The second kappa shape index (κ2) is 5.22. The van der Waals surface area contributed by atoms with Gasteiger partial charge in [-0.2, -0.15) is 0 Å². The molecule has 3 aromatic rings. The summed E-state index contributed by atoms with van der Waals surface area (Å²) in [6, 6.07) is 16.4. The molecule has 1 saturated heterocycles. The monoisotopic (exact) mass is 289 g/mol. The van der Waals surface area contributed by atoms with Gasteiger partial charge in [0, 0.05) is 24.7 Å². The van der Waals surface area contributed by atoms with E-state index in [0.717, 1.165) is 17.7 Å². The molecule has 0 radical (unpaired) electrons. The lowest BCUT2D eigenvalue weighted by Crippen LogP contribution is -2.25. The van der Waals surface area contributed by atoms with Crippen LogP contribution in [-0.4, -0.2) is 22.4 Å². The van der Waals surface area contributed by atoms with Crippen molar-refractivity contribution >= 4 is 22.6 Å². The Bertz CT molecular complexity index is 860. The molecule has 4 heteroatoms. The Morgan fingerprint density at radius 3 is 2.68 bits per heavy atom. The van der Waals surface area contributed by atoms with Crippen molar-refractivity contribution in [2.24, 2.45) is 0 Å². The first kappa shape index (κ1) is 13.0. The summed E-state index contributed by atoms with van der Waals surface area (Å²) in [5.74, 6) is 0.615. The van der Waals surface area contributed by atoms with Crippen molar-refractivity contribution in [3.05, 3.63) is 54.7 Å². The summed E-state index contributed by atoms with van der Waals surface area (Å²) in [6.07, 6.45) is 3.18. The normalized spacial score (nSPS) is 14.7. The zero-order chi connectivity index (χ0) is 14.9. The van der Waals surface area contributed by atoms with Gasteiger partial charge in [0.1, 0.15) is 0 Å². The first-order valence-corrected chi connectivity index (χ1v) is 7.44. The molecule has 2 heterocycles. The number of rotatable bonds is 2. The molecule has 0 aliphatic carbocycles. The van der Waals surface area contributed by atoms with E-state index in [1.807, 2.05) is 18.2 Å². The molecular formula is C18H15N3O. The molecule has 4 rings (SSSR count). The summed E-state index contributed by atoms with van der Waals surface area (Å²) in [5, 5.41) is 2.38. The fourth-order valence-corrected chi connectivity index (χ4v) is 2.85. The van der Waals surface area contributed by atoms with E-state index in [0.29, 0.717) is 18.9 Å². The highest BCUT2D eigenvalue weighted by Crippen LogP contribution is 2.25. The molecule has 1 aromatic heterocycles. The Morgan fingerprint density at radius 1 is 1.00 bits per heavy atom. The van der Waals surface area contributed by atoms with Crippen LogP contribution in [0.15, 0.2) is 54.7 Å². The molecule has 4 nitrogen and oxygen atoms in total. The summed E-state index contributed by atoms with van der Waals surface area (Å²) < 4.78 is 0. The van der Waals surface area contributed by atoms with E-state index in [1.165, 1.54) is 10.8 Å². The van der Waals surface area contributed by atoms with Crippen LogP contribution >= 0.6 is 0 Å². The highest BCUT2D eigenvalue weighted by molar-refractivity contribution is 5.94. The van der Waals surface area contributed by atoms with Crippen molar-refractivity contribution in [1.29, 1.82) is 0 Å². The second-order valence-corrected chi connectivity index (χ2v) is 5.45. The van der Waals surface area contributed by atoms with Crippen LogP contribution in [0.3, 0.4) is 0 Å². The lowest BCUT2D eigenvalue weighted by Gasteiger charge is -2.13. The van der Waals surface area contributed by atoms with Crippen LogP contribution in [0.4, 0.5) is 5.95 Å². The minimum Gasteiger partial charge on any atom is -0.281 e. The minimum absolute atomic E-state index is 0.107. The molecule has 1 amide bonds. The average Bonchev–Trinajstić information content (AvgIpc) is 3.00. The second-order valence-electron chi connectivity index (χ2n) is 5.45. The topological polar surface area (TPSA) is 46.1 Å². The van der Waals surface area contributed by atoms with Gasteiger partial charge in [-0.25, -0.2) is 9.97 Å². The zero-order valence-corrected chi connectivity index (χ0v) is 12.1. The predicted octanol–water partition coefficient (Wildman–Crippen LogP) is 3.42. The van der Waals surface area contributed by atoms with E-state index in [-0.39, 0.29) is 5.91 Å². The molecule has 0 unspecified atom stereocenters. The molecule has 0 atom stereocenters. The third-order valence-corrected chi connectivity index (χ3v) is 4.00. The number of hydrogen-bond donors (Lipinski definition) is 0. The molecule has 0 N–H and O–H groups in total. The molecule has 0 saturated carbocycles. The van der Waals surface area contributed by atoms with Gasteiger partial charge in [0.25, 0.3) is 0 Å². The number of anilines is 1. The molecular weight excluding hydrogens is 274 g/mol. The van der Waals surface area contributed by atoms with Crippen molar-refractivity contribution in [3.63, 3.8) is 0 Å². The van der Waals surface area contributed by atoms with Crippen molar-refractivity contribution in [1.82, 2.24) is 9.97 Å². The van der Waals surface area contributed by atoms with Gasteiger partial charge in [-0.1, -0.05) is 36.4 Å². The Balaban J connectivity index is 1.76. The van der Waals surface area contributed by atoms with Crippen LogP contribution in [-0.2, 0) is 4.79 Å². The maximum absolute atomic E-state index is 11.8. The van der Waals surface area contributed by atoms with E-state index >= 15 is 0 Å². The lowest BCUT2D eigenvalue weighted by atomic mass is 10.1. The molecule has 108 valence electrons. The number of hydrogen-bond acceptors (Lipinski definition) is 3. The van der Waals surface area contributed by atoms with Crippen LogP contribution in [0, 0.1) is 0 Å². The molecule has 1 fully saturated rings. The van der Waals surface area contributed by atoms with Crippen molar-refractivity contribution in [2.45, 2.75) is 12.8 Å². The highest BCUT2D eigenvalue weighted by atomic mass is 16.2. The lowest BCUT2D eigenvalue weighted by molar-refractivity contribution is -0.117. The van der Waals surface area contributed by atoms with E-state index in [4.69, 9.17) is 0 Å². The fourth-order valence-electron chi connectivity index (χ4n) is 2.85. The van der Waals surface area contributed by atoms with Crippen molar-refractivity contribution < 1.29 is 4.79 Å². The molecule has 1 aliphatic rings. The first-order valence-electron chi connectivity index (χ1n) is 7.44. The number of nitrogens with zero attached hydrogens (tertiary/aromatic N) is 3. The van der Waals surface area contributed by atoms with Crippen LogP contribution in [0.2, 0.25) is 0 Å². The first-order chi connectivity index (χ1) is 10.8.